The first kappa shape index (κ1) is 25.6. The van der Waals surface area contributed by atoms with Gasteiger partial charge in [0.15, 0.2) is 10.9 Å². The van der Waals surface area contributed by atoms with Crippen LogP contribution >= 0.6 is 12.2 Å². The fraction of sp³-hybridized carbons (Fsp3) is 0.0833. The number of aromatic nitrogens is 3. The summed E-state index contributed by atoms with van der Waals surface area (Å²) < 4.78 is 61.2. The van der Waals surface area contributed by atoms with E-state index < -0.39 is 12.2 Å². The maximum Gasteiger partial charge on any atom is 0.573 e. The molecule has 4 rings (SSSR count). The van der Waals surface area contributed by atoms with Crippen molar-refractivity contribution >= 4 is 29.2 Å². The molecule has 0 unspecified atom stereocenters. The number of rotatable bonds is 7. The van der Waals surface area contributed by atoms with Gasteiger partial charge in [0.25, 0.3) is 0 Å². The maximum atomic E-state index is 14.0. The molecular weight excluding hydrogens is 512 g/mol. The highest BCUT2D eigenvalue weighted by Crippen LogP contribution is 2.24. The molecule has 2 N–H and O–H groups in total. The Bertz CT molecular complexity index is 1410. The zero-order chi connectivity index (χ0) is 26.4. The van der Waals surface area contributed by atoms with Crippen LogP contribution in [0.1, 0.15) is 5.56 Å². The van der Waals surface area contributed by atoms with Gasteiger partial charge < -0.3 is 14.8 Å². The van der Waals surface area contributed by atoms with Crippen LogP contribution in [-0.2, 0) is 0 Å². The van der Waals surface area contributed by atoms with Gasteiger partial charge in [-0.2, -0.15) is 5.10 Å². The number of methoxy groups -OCH3 is 1. The van der Waals surface area contributed by atoms with E-state index in [-0.39, 0.29) is 16.5 Å². The average Bonchev–Trinajstić information content (AvgIpc) is 3.35. The first-order valence-electron chi connectivity index (χ1n) is 10.5. The number of halogens is 4. The van der Waals surface area contributed by atoms with Crippen molar-refractivity contribution < 1.29 is 27.0 Å². The van der Waals surface area contributed by atoms with Gasteiger partial charge in [0.1, 0.15) is 23.6 Å². The third kappa shape index (κ3) is 7.01. The van der Waals surface area contributed by atoms with Crippen LogP contribution in [0.3, 0.4) is 0 Å². The molecular formula is C24H18F4N6O2S. The third-order valence-corrected chi connectivity index (χ3v) is 4.99. The van der Waals surface area contributed by atoms with E-state index in [1.54, 1.807) is 30.3 Å². The molecule has 0 radical (unpaired) electrons. The fourth-order valence-corrected chi connectivity index (χ4v) is 3.24. The van der Waals surface area contributed by atoms with Gasteiger partial charge in [-0.05, 0) is 54.2 Å². The Hall–Kier alpha value is -4.52. The number of hydrazone groups is 1. The summed E-state index contributed by atoms with van der Waals surface area (Å²) in [7, 11) is 1.45. The minimum Gasteiger partial charge on any atom is -0.497 e. The van der Waals surface area contributed by atoms with Crippen molar-refractivity contribution in [1.82, 2.24) is 20.2 Å². The molecule has 8 nitrogen and oxygen atoms in total. The van der Waals surface area contributed by atoms with E-state index in [9.17, 15) is 17.6 Å². The summed E-state index contributed by atoms with van der Waals surface area (Å²) in [5, 5.41) is 11.2. The molecule has 0 atom stereocenters. The standard InChI is InChI=1S/C24H18F4N6O2S/c1-35-19-10-11-21(20(25)12-19)31-23(37)32-30-13-15-2-4-16(5-3-15)22-29-14-34(33-22)17-6-8-18(9-7-17)36-24(26,27)28/h2-14H,1H3,(H2,31,32,37). The summed E-state index contributed by atoms with van der Waals surface area (Å²) in [4.78, 5) is 4.25. The normalized spacial score (nSPS) is 11.4. The van der Waals surface area contributed by atoms with E-state index in [1.165, 1.54) is 60.7 Å². The largest absolute Gasteiger partial charge is 0.573 e. The molecule has 3 aromatic carbocycles. The zero-order valence-corrected chi connectivity index (χ0v) is 19.8. The average molecular weight is 531 g/mol. The molecule has 37 heavy (non-hydrogen) atoms. The van der Waals surface area contributed by atoms with Crippen LogP contribution in [-0.4, -0.2) is 39.6 Å². The first-order valence-corrected chi connectivity index (χ1v) is 10.9. The quantitative estimate of drug-likeness (QED) is 0.145. The van der Waals surface area contributed by atoms with Crippen LogP contribution in [0.25, 0.3) is 17.1 Å². The molecule has 0 amide bonds. The van der Waals surface area contributed by atoms with E-state index >= 15 is 0 Å². The van der Waals surface area contributed by atoms with Gasteiger partial charge in [0.05, 0.1) is 24.7 Å². The van der Waals surface area contributed by atoms with Crippen molar-refractivity contribution in [3.8, 4) is 28.6 Å². The van der Waals surface area contributed by atoms with E-state index in [2.05, 4.69) is 30.7 Å². The van der Waals surface area contributed by atoms with Crippen LogP contribution in [0.5, 0.6) is 11.5 Å². The Morgan fingerprint density at radius 2 is 1.73 bits per heavy atom. The van der Waals surface area contributed by atoms with Crippen LogP contribution in [0, 0.1) is 5.82 Å². The second-order valence-corrected chi connectivity index (χ2v) is 7.75. The highest BCUT2D eigenvalue weighted by atomic mass is 32.1. The molecule has 0 aliphatic rings. The number of nitrogens with one attached hydrogen (secondary N) is 2. The van der Waals surface area contributed by atoms with Crippen molar-refractivity contribution in [2.24, 2.45) is 5.10 Å². The first-order chi connectivity index (χ1) is 17.7. The maximum absolute atomic E-state index is 14.0. The highest BCUT2D eigenvalue weighted by molar-refractivity contribution is 7.80. The Kier molecular flexibility index (Phi) is 7.63. The lowest BCUT2D eigenvalue weighted by Gasteiger charge is -2.09. The van der Waals surface area contributed by atoms with E-state index in [4.69, 9.17) is 17.0 Å². The summed E-state index contributed by atoms with van der Waals surface area (Å²) in [5.74, 6) is -0.0394. The van der Waals surface area contributed by atoms with Gasteiger partial charge >= 0.3 is 6.36 Å². The molecule has 0 aliphatic heterocycles. The molecule has 0 saturated carbocycles. The molecule has 1 aromatic heterocycles. The topological polar surface area (TPSA) is 85.6 Å². The Labute approximate surface area is 213 Å². The van der Waals surface area contributed by atoms with E-state index in [0.717, 1.165) is 5.56 Å². The van der Waals surface area contributed by atoms with Gasteiger partial charge in [-0.3, -0.25) is 5.43 Å². The number of thiocarbonyl (C=S) groups is 1. The molecule has 4 aromatic rings. The Balaban J connectivity index is 1.34. The van der Waals surface area contributed by atoms with Crippen LogP contribution in [0.15, 0.2) is 78.2 Å². The third-order valence-electron chi connectivity index (χ3n) is 4.80. The van der Waals surface area contributed by atoms with Gasteiger partial charge in [-0.1, -0.05) is 24.3 Å². The van der Waals surface area contributed by atoms with E-state index in [1.807, 2.05) is 0 Å². The Morgan fingerprint density at radius 1 is 1.03 bits per heavy atom. The van der Waals surface area contributed by atoms with Crippen molar-refractivity contribution in [3.63, 3.8) is 0 Å². The van der Waals surface area contributed by atoms with Crippen molar-refractivity contribution in [3.05, 3.63) is 84.4 Å². The summed E-state index contributed by atoms with van der Waals surface area (Å²) >= 11 is 5.12. The summed E-state index contributed by atoms with van der Waals surface area (Å²) in [6, 6.07) is 16.7. The number of anilines is 1. The number of hydrogen-bond acceptors (Lipinski definition) is 6. The molecule has 0 saturated heterocycles. The van der Waals surface area contributed by atoms with E-state index in [0.29, 0.717) is 22.8 Å². The lowest BCUT2D eigenvalue weighted by atomic mass is 10.1. The van der Waals surface area contributed by atoms with Crippen LogP contribution in [0.4, 0.5) is 23.2 Å². The molecule has 0 spiro atoms. The van der Waals surface area contributed by atoms with Crippen LogP contribution < -0.4 is 20.2 Å². The smallest absolute Gasteiger partial charge is 0.497 e. The number of benzene rings is 3. The van der Waals surface area contributed by atoms with Crippen LogP contribution in [0.2, 0.25) is 0 Å². The minimum atomic E-state index is -4.76. The van der Waals surface area contributed by atoms with Crippen molar-refractivity contribution in [2.45, 2.75) is 6.36 Å². The summed E-state index contributed by atoms with van der Waals surface area (Å²) in [6.45, 7) is 0. The van der Waals surface area contributed by atoms with Gasteiger partial charge in [0, 0.05) is 11.6 Å². The fourth-order valence-electron chi connectivity index (χ4n) is 3.08. The Morgan fingerprint density at radius 3 is 2.38 bits per heavy atom. The summed E-state index contributed by atoms with van der Waals surface area (Å²) in [6.07, 6.45) is -1.78. The monoisotopic (exact) mass is 530 g/mol. The highest BCUT2D eigenvalue weighted by Gasteiger charge is 2.31. The van der Waals surface area contributed by atoms with Crippen molar-refractivity contribution in [2.75, 3.05) is 12.4 Å². The molecule has 190 valence electrons. The number of hydrogen-bond donors (Lipinski definition) is 2. The molecule has 0 aliphatic carbocycles. The molecule has 0 fully saturated rings. The lowest BCUT2D eigenvalue weighted by molar-refractivity contribution is -0.274. The minimum absolute atomic E-state index is 0.102. The summed E-state index contributed by atoms with van der Waals surface area (Å²) in [5.41, 5.74) is 4.76. The second-order valence-electron chi connectivity index (χ2n) is 7.35. The number of ether oxygens (including phenoxy) is 2. The predicted molar refractivity (Wildman–Crippen MR) is 133 cm³/mol. The number of alkyl halides is 3. The molecule has 1 heterocycles. The SMILES string of the molecule is COc1ccc(NC(=S)NN=Cc2ccc(-c3ncn(-c4ccc(OC(F)(F)F)cc4)n3)cc2)c(F)c1. The second kappa shape index (κ2) is 11.0. The van der Waals surface area contributed by atoms with Crippen molar-refractivity contribution in [1.29, 1.82) is 0 Å². The van der Waals surface area contributed by atoms with Gasteiger partial charge in [0.2, 0.25) is 0 Å². The molecule has 13 heteroatoms. The predicted octanol–water partition coefficient (Wildman–Crippen LogP) is 5.30. The van der Waals surface area contributed by atoms with Gasteiger partial charge in [-0.25, -0.2) is 14.1 Å². The lowest BCUT2D eigenvalue weighted by Crippen LogP contribution is -2.24. The molecule has 0 bridgehead atoms. The number of nitrogens with zero attached hydrogens (tertiary/aromatic N) is 4. The van der Waals surface area contributed by atoms with Gasteiger partial charge in [-0.15, -0.1) is 18.3 Å². The zero-order valence-electron chi connectivity index (χ0n) is 19.0.